The zero-order chi connectivity index (χ0) is 11.1. The molecule has 1 aliphatic carbocycles. The zero-order valence-electron chi connectivity index (χ0n) is 9.75. The number of hydrogen-bond donors (Lipinski definition) is 1. The number of rotatable bonds is 1. The Morgan fingerprint density at radius 2 is 1.60 bits per heavy atom. The third-order valence-corrected chi connectivity index (χ3v) is 3.25. The summed E-state index contributed by atoms with van der Waals surface area (Å²) in [5, 5.41) is 10.1. The van der Waals surface area contributed by atoms with E-state index < -0.39 is 5.60 Å². The van der Waals surface area contributed by atoms with E-state index in [1.54, 1.807) is 0 Å². The highest BCUT2D eigenvalue weighted by Crippen LogP contribution is 2.40. The van der Waals surface area contributed by atoms with Gasteiger partial charge in [-0.25, -0.2) is 0 Å². The molecule has 0 saturated heterocycles. The van der Waals surface area contributed by atoms with E-state index in [0.717, 1.165) is 18.4 Å². The molecule has 1 aromatic carbocycles. The maximum atomic E-state index is 10.1. The van der Waals surface area contributed by atoms with Crippen molar-refractivity contribution in [1.29, 1.82) is 0 Å². The highest BCUT2D eigenvalue weighted by atomic mass is 16.3. The van der Waals surface area contributed by atoms with Crippen molar-refractivity contribution in [2.45, 2.75) is 44.6 Å². The van der Waals surface area contributed by atoms with E-state index in [1.807, 2.05) is 0 Å². The molecule has 15 heavy (non-hydrogen) atoms. The lowest BCUT2D eigenvalue weighted by atomic mass is 9.74. The normalized spacial score (nSPS) is 19.7. The largest absolute Gasteiger partial charge is 0.385 e. The first-order valence-corrected chi connectivity index (χ1v) is 5.57. The highest BCUT2D eigenvalue weighted by molar-refractivity contribution is 5.33. The second-order valence-electron chi connectivity index (χ2n) is 5.56. The first-order chi connectivity index (χ1) is 6.92. The minimum Gasteiger partial charge on any atom is -0.385 e. The van der Waals surface area contributed by atoms with Crippen LogP contribution in [0.5, 0.6) is 0 Å². The van der Waals surface area contributed by atoms with Gasteiger partial charge >= 0.3 is 0 Å². The number of hydrogen-bond acceptors (Lipinski definition) is 1. The molecule has 1 N–H and O–H groups in total. The molecule has 0 unspecified atom stereocenters. The second kappa shape index (κ2) is 3.34. The Bertz CT molecular complexity index is 339. The molecule has 0 amide bonds. The Kier molecular flexibility index (Phi) is 2.38. The first-order valence-electron chi connectivity index (χ1n) is 5.57. The number of benzene rings is 1. The summed E-state index contributed by atoms with van der Waals surface area (Å²) < 4.78 is 0. The van der Waals surface area contributed by atoms with Crippen molar-refractivity contribution in [2.24, 2.45) is 0 Å². The van der Waals surface area contributed by atoms with Gasteiger partial charge in [-0.05, 0) is 35.8 Å². The number of aliphatic hydroxyl groups is 1. The molecule has 1 aliphatic rings. The molecular formula is C14H19O. The van der Waals surface area contributed by atoms with Crippen molar-refractivity contribution in [2.75, 3.05) is 0 Å². The zero-order valence-corrected chi connectivity index (χ0v) is 9.75. The van der Waals surface area contributed by atoms with Crippen LogP contribution in [0.1, 0.15) is 44.7 Å². The molecule has 0 aromatic heterocycles. The van der Waals surface area contributed by atoms with Crippen LogP contribution < -0.4 is 0 Å². The van der Waals surface area contributed by atoms with E-state index in [-0.39, 0.29) is 5.41 Å². The van der Waals surface area contributed by atoms with Gasteiger partial charge in [-0.15, -0.1) is 0 Å². The molecule has 1 fully saturated rings. The van der Waals surface area contributed by atoms with Crippen LogP contribution in [0, 0.1) is 6.42 Å². The average molecular weight is 203 g/mol. The van der Waals surface area contributed by atoms with Crippen LogP contribution in [0.3, 0.4) is 0 Å². The third-order valence-electron chi connectivity index (χ3n) is 3.25. The predicted octanol–water partition coefficient (Wildman–Crippen LogP) is 3.17. The SMILES string of the molecule is CC(C)(C)c1ccc(C2(O)C[CH]C2)cc1. The molecule has 0 atom stereocenters. The lowest BCUT2D eigenvalue weighted by Gasteiger charge is -2.37. The van der Waals surface area contributed by atoms with Crippen LogP contribution in [0.2, 0.25) is 0 Å². The average Bonchev–Trinajstić information content (AvgIpc) is 2.13. The van der Waals surface area contributed by atoms with Crippen LogP contribution in [0.15, 0.2) is 24.3 Å². The summed E-state index contributed by atoms with van der Waals surface area (Å²) in [6.07, 6.45) is 3.71. The lowest BCUT2D eigenvalue weighted by molar-refractivity contribution is -0.00576. The molecule has 1 nitrogen and oxygen atoms in total. The van der Waals surface area contributed by atoms with E-state index in [1.165, 1.54) is 5.56 Å². The van der Waals surface area contributed by atoms with Gasteiger partial charge in [0.25, 0.3) is 0 Å². The fourth-order valence-electron chi connectivity index (χ4n) is 1.93. The Morgan fingerprint density at radius 1 is 1.07 bits per heavy atom. The van der Waals surface area contributed by atoms with Gasteiger partial charge in [0.15, 0.2) is 0 Å². The van der Waals surface area contributed by atoms with Crippen LogP contribution in [-0.2, 0) is 11.0 Å². The van der Waals surface area contributed by atoms with E-state index in [2.05, 4.69) is 51.5 Å². The van der Waals surface area contributed by atoms with Crippen molar-refractivity contribution in [3.8, 4) is 0 Å². The summed E-state index contributed by atoms with van der Waals surface area (Å²) in [6, 6.07) is 8.39. The monoisotopic (exact) mass is 203 g/mol. The van der Waals surface area contributed by atoms with Crippen molar-refractivity contribution in [3.05, 3.63) is 41.8 Å². The summed E-state index contributed by atoms with van der Waals surface area (Å²) in [4.78, 5) is 0. The molecule has 1 saturated carbocycles. The Balaban J connectivity index is 2.24. The van der Waals surface area contributed by atoms with E-state index in [9.17, 15) is 5.11 Å². The molecule has 81 valence electrons. The van der Waals surface area contributed by atoms with Crippen LogP contribution in [0.4, 0.5) is 0 Å². The Morgan fingerprint density at radius 3 is 1.93 bits per heavy atom. The third kappa shape index (κ3) is 1.93. The van der Waals surface area contributed by atoms with Gasteiger partial charge in [0, 0.05) is 0 Å². The first kappa shape index (κ1) is 10.7. The van der Waals surface area contributed by atoms with E-state index in [4.69, 9.17) is 0 Å². The molecule has 1 aromatic rings. The van der Waals surface area contributed by atoms with Gasteiger partial charge in [0.1, 0.15) is 0 Å². The van der Waals surface area contributed by atoms with Gasteiger partial charge < -0.3 is 5.11 Å². The molecule has 0 aliphatic heterocycles. The van der Waals surface area contributed by atoms with Crippen molar-refractivity contribution in [1.82, 2.24) is 0 Å². The summed E-state index contributed by atoms with van der Waals surface area (Å²) in [5.74, 6) is 0. The molecule has 2 rings (SSSR count). The summed E-state index contributed by atoms with van der Waals surface area (Å²) in [7, 11) is 0. The van der Waals surface area contributed by atoms with Gasteiger partial charge in [-0.3, -0.25) is 0 Å². The molecule has 0 spiro atoms. The van der Waals surface area contributed by atoms with Gasteiger partial charge in [0.05, 0.1) is 5.60 Å². The lowest BCUT2D eigenvalue weighted by Crippen LogP contribution is -2.34. The van der Waals surface area contributed by atoms with Gasteiger partial charge in [-0.2, -0.15) is 0 Å². The van der Waals surface area contributed by atoms with Crippen LogP contribution in [-0.4, -0.2) is 5.11 Å². The summed E-state index contributed by atoms with van der Waals surface area (Å²) in [6.45, 7) is 6.61. The second-order valence-corrected chi connectivity index (χ2v) is 5.56. The Hall–Kier alpha value is -0.820. The quantitative estimate of drug-likeness (QED) is 0.743. The molecular weight excluding hydrogens is 184 g/mol. The Labute approximate surface area is 92.1 Å². The minimum atomic E-state index is -0.573. The smallest absolute Gasteiger partial charge is 0.0902 e. The fourth-order valence-corrected chi connectivity index (χ4v) is 1.93. The van der Waals surface area contributed by atoms with Crippen LogP contribution >= 0.6 is 0 Å². The topological polar surface area (TPSA) is 20.2 Å². The van der Waals surface area contributed by atoms with Crippen molar-refractivity contribution >= 4 is 0 Å². The molecule has 1 radical (unpaired) electrons. The molecule has 0 heterocycles. The summed E-state index contributed by atoms with van der Waals surface area (Å²) >= 11 is 0. The van der Waals surface area contributed by atoms with Gasteiger partial charge in [-0.1, -0.05) is 45.0 Å². The fraction of sp³-hybridized carbons (Fsp3) is 0.500. The van der Waals surface area contributed by atoms with Crippen LogP contribution in [0.25, 0.3) is 0 Å². The molecule has 1 heteroatoms. The van der Waals surface area contributed by atoms with Crippen molar-refractivity contribution < 1.29 is 5.11 Å². The summed E-state index contributed by atoms with van der Waals surface area (Å²) in [5.41, 5.74) is 1.99. The molecule has 0 bridgehead atoms. The maximum absolute atomic E-state index is 10.1. The maximum Gasteiger partial charge on any atom is 0.0902 e. The highest BCUT2D eigenvalue weighted by Gasteiger charge is 2.36. The van der Waals surface area contributed by atoms with E-state index in [0.29, 0.717) is 0 Å². The van der Waals surface area contributed by atoms with Crippen molar-refractivity contribution in [3.63, 3.8) is 0 Å². The standard InChI is InChI=1S/C14H19O/c1-13(2,3)11-5-7-12(8-6-11)14(15)9-4-10-14/h4-8,15H,9-10H2,1-3H3. The predicted molar refractivity (Wildman–Crippen MR) is 62.6 cm³/mol. The van der Waals surface area contributed by atoms with Gasteiger partial charge in [0.2, 0.25) is 0 Å². The minimum absolute atomic E-state index is 0.187. The van der Waals surface area contributed by atoms with E-state index >= 15 is 0 Å².